The molecule has 16 nitrogen and oxygen atoms in total. The second-order valence-electron chi connectivity index (χ2n) is 6.31. The lowest BCUT2D eigenvalue weighted by molar-refractivity contribution is -0.202. The summed E-state index contributed by atoms with van der Waals surface area (Å²) in [6.45, 7) is -2.98. The lowest BCUT2D eigenvalue weighted by atomic mass is 9.98. The van der Waals surface area contributed by atoms with Gasteiger partial charge in [-0.25, -0.2) is 9.59 Å². The fourth-order valence-electron chi connectivity index (χ4n) is 2.41. The number of aromatic carboxylic acids is 2. The van der Waals surface area contributed by atoms with Crippen molar-refractivity contribution in [2.24, 2.45) is 0 Å². The summed E-state index contributed by atoms with van der Waals surface area (Å²) in [7, 11) is 0. The predicted molar refractivity (Wildman–Crippen MR) is 112 cm³/mol. The van der Waals surface area contributed by atoms with Crippen molar-refractivity contribution < 1.29 is 77.4 Å². The first-order valence-electron chi connectivity index (χ1n) is 10.1. The molecule has 1 rings (SSSR count). The highest BCUT2D eigenvalue weighted by atomic mass is 16.8. The van der Waals surface area contributed by atoms with Crippen molar-refractivity contribution in [1.29, 1.82) is 0 Å². The minimum Gasteiger partial charge on any atom is -0.478 e. The molecule has 0 aromatic heterocycles. The molecule has 0 atom stereocenters. The summed E-state index contributed by atoms with van der Waals surface area (Å²) in [5.74, 6) is -2.70. The third-order valence-corrected chi connectivity index (χ3v) is 3.80. The van der Waals surface area contributed by atoms with Gasteiger partial charge in [-0.3, -0.25) is 0 Å². The molecule has 16 heteroatoms. The van der Waals surface area contributed by atoms with E-state index in [0.717, 1.165) is 0 Å². The molecule has 36 heavy (non-hydrogen) atoms. The highest BCUT2D eigenvalue weighted by molar-refractivity contribution is 5.97. The van der Waals surface area contributed by atoms with Crippen molar-refractivity contribution in [3.05, 3.63) is 34.4 Å². The summed E-state index contributed by atoms with van der Waals surface area (Å²) in [5, 5.41) is 35.9. The highest BCUT2D eigenvalue weighted by Crippen LogP contribution is 2.21. The summed E-state index contributed by atoms with van der Waals surface area (Å²) in [6, 6.07) is 2.55. The standard InChI is InChI=1S/C20H30O16/c21-5-29-9-33-13-35-11-31-7-27-3-15-1-16(19(23)24)18(17(2-15)20(25)26)4-28-8-32-12-36-14-34-10-30-6-22/h1-2,21-22H,3-14H2,(H,23,24)(H,25,26). The van der Waals surface area contributed by atoms with Crippen molar-refractivity contribution in [2.75, 3.05) is 67.9 Å². The first-order chi connectivity index (χ1) is 17.5. The van der Waals surface area contributed by atoms with E-state index in [1.165, 1.54) is 12.1 Å². The van der Waals surface area contributed by atoms with Crippen LogP contribution in [-0.2, 0) is 60.6 Å². The molecule has 1 aromatic carbocycles. The SMILES string of the molecule is O=C(O)c1cc(COCOCOCOCOCO)cc(C(=O)O)c1COCOCOCOCOCO. The first kappa shape index (κ1) is 31.7. The fourth-order valence-corrected chi connectivity index (χ4v) is 2.41. The molecular weight excluding hydrogens is 496 g/mol. The molecule has 0 saturated heterocycles. The van der Waals surface area contributed by atoms with Crippen LogP contribution in [0, 0.1) is 0 Å². The van der Waals surface area contributed by atoms with Crippen LogP contribution in [0.15, 0.2) is 12.1 Å². The quantitative estimate of drug-likeness (QED) is 0.102. The minimum absolute atomic E-state index is 0.0532. The van der Waals surface area contributed by atoms with Crippen LogP contribution in [0.2, 0.25) is 0 Å². The molecule has 0 unspecified atom stereocenters. The van der Waals surface area contributed by atoms with Crippen molar-refractivity contribution in [1.82, 2.24) is 0 Å². The van der Waals surface area contributed by atoms with Gasteiger partial charge < -0.3 is 67.8 Å². The van der Waals surface area contributed by atoms with Gasteiger partial charge in [-0.15, -0.1) is 0 Å². The Labute approximate surface area is 205 Å². The maximum atomic E-state index is 11.7. The number of rotatable bonds is 24. The summed E-state index contributed by atoms with van der Waals surface area (Å²) in [5.41, 5.74) is -0.304. The molecule has 4 N–H and O–H groups in total. The number of carbonyl (C=O) groups is 2. The van der Waals surface area contributed by atoms with E-state index < -0.39 is 25.5 Å². The Hall–Kier alpha value is -2.32. The molecular formula is C20H30O16. The number of hydrogen-bond donors (Lipinski definition) is 4. The molecule has 0 aliphatic heterocycles. The second-order valence-corrected chi connectivity index (χ2v) is 6.31. The Morgan fingerprint density at radius 2 is 0.861 bits per heavy atom. The largest absolute Gasteiger partial charge is 0.478 e. The van der Waals surface area contributed by atoms with Gasteiger partial charge in [0, 0.05) is 5.56 Å². The van der Waals surface area contributed by atoms with Gasteiger partial charge in [0.2, 0.25) is 0 Å². The van der Waals surface area contributed by atoms with Crippen molar-refractivity contribution in [3.63, 3.8) is 0 Å². The lowest BCUT2D eigenvalue weighted by Crippen LogP contribution is -2.15. The van der Waals surface area contributed by atoms with Gasteiger partial charge in [-0.1, -0.05) is 0 Å². The second kappa shape index (κ2) is 20.8. The van der Waals surface area contributed by atoms with Crippen molar-refractivity contribution in [2.45, 2.75) is 13.2 Å². The monoisotopic (exact) mass is 526 g/mol. The van der Waals surface area contributed by atoms with E-state index in [2.05, 4.69) is 9.47 Å². The number of hydrogen-bond acceptors (Lipinski definition) is 14. The van der Waals surface area contributed by atoms with Crippen LogP contribution in [0.3, 0.4) is 0 Å². The number of carboxylic acid groups (broad SMARTS) is 2. The van der Waals surface area contributed by atoms with E-state index in [1.807, 2.05) is 0 Å². The van der Waals surface area contributed by atoms with Crippen molar-refractivity contribution in [3.8, 4) is 0 Å². The van der Waals surface area contributed by atoms with Crippen molar-refractivity contribution >= 4 is 11.9 Å². The molecule has 0 spiro atoms. The van der Waals surface area contributed by atoms with E-state index in [0.29, 0.717) is 0 Å². The van der Waals surface area contributed by atoms with E-state index in [1.54, 1.807) is 0 Å². The molecule has 0 radical (unpaired) electrons. The highest BCUT2D eigenvalue weighted by Gasteiger charge is 2.20. The van der Waals surface area contributed by atoms with Gasteiger partial charge >= 0.3 is 11.9 Å². The molecule has 206 valence electrons. The number of aliphatic hydroxyl groups excluding tert-OH is 2. The van der Waals surface area contributed by atoms with Gasteiger partial charge in [0.25, 0.3) is 0 Å². The Morgan fingerprint density at radius 1 is 0.528 bits per heavy atom. The third-order valence-electron chi connectivity index (χ3n) is 3.80. The van der Waals surface area contributed by atoms with Crippen LogP contribution >= 0.6 is 0 Å². The normalized spacial score (nSPS) is 11.2. The zero-order chi connectivity index (χ0) is 26.4. The molecule has 0 saturated carbocycles. The molecule has 0 amide bonds. The smallest absolute Gasteiger partial charge is 0.336 e. The first-order valence-corrected chi connectivity index (χ1v) is 10.1. The third kappa shape index (κ3) is 14.3. The van der Waals surface area contributed by atoms with Crippen LogP contribution in [0.1, 0.15) is 31.8 Å². The average molecular weight is 526 g/mol. The molecule has 1 aromatic rings. The maximum absolute atomic E-state index is 11.7. The Balaban J connectivity index is 2.47. The minimum atomic E-state index is -1.35. The van der Waals surface area contributed by atoms with Crippen LogP contribution in [-0.4, -0.2) is 100 Å². The van der Waals surface area contributed by atoms with Crippen LogP contribution in [0.4, 0.5) is 0 Å². The van der Waals surface area contributed by atoms with Gasteiger partial charge in [-0.2, -0.15) is 0 Å². The predicted octanol–water partition coefficient (Wildman–Crippen LogP) is -0.191. The number of benzene rings is 1. The zero-order valence-electron chi connectivity index (χ0n) is 19.3. The molecule has 0 aliphatic rings. The molecule has 0 fully saturated rings. The van der Waals surface area contributed by atoms with E-state index in [4.69, 9.17) is 48.1 Å². The molecule has 0 bridgehead atoms. The van der Waals surface area contributed by atoms with E-state index in [9.17, 15) is 19.8 Å². The van der Waals surface area contributed by atoms with Crippen LogP contribution in [0.5, 0.6) is 0 Å². The van der Waals surface area contributed by atoms with Gasteiger partial charge in [0.1, 0.15) is 27.2 Å². The molecule has 0 heterocycles. The number of ether oxygens (including phenoxy) is 10. The topological polar surface area (TPSA) is 207 Å². The number of carboxylic acids is 2. The van der Waals surface area contributed by atoms with E-state index >= 15 is 0 Å². The van der Waals surface area contributed by atoms with E-state index in [-0.39, 0.29) is 89.8 Å². The fraction of sp³-hybridized carbons (Fsp3) is 0.600. The Kier molecular flexibility index (Phi) is 18.3. The summed E-state index contributed by atoms with van der Waals surface area (Å²) < 4.78 is 49.1. The van der Waals surface area contributed by atoms with Crippen LogP contribution in [0.25, 0.3) is 0 Å². The lowest BCUT2D eigenvalue weighted by Gasteiger charge is -2.14. The van der Waals surface area contributed by atoms with Gasteiger partial charge in [-0.05, 0) is 17.7 Å². The maximum Gasteiger partial charge on any atom is 0.336 e. The van der Waals surface area contributed by atoms with Gasteiger partial charge in [0.15, 0.2) is 40.8 Å². The Morgan fingerprint density at radius 3 is 1.22 bits per heavy atom. The summed E-state index contributed by atoms with van der Waals surface area (Å²) >= 11 is 0. The summed E-state index contributed by atoms with van der Waals surface area (Å²) in [4.78, 5) is 23.4. The van der Waals surface area contributed by atoms with Gasteiger partial charge in [0.05, 0.1) is 24.3 Å². The van der Waals surface area contributed by atoms with Crippen LogP contribution < -0.4 is 0 Å². The number of aliphatic hydroxyl groups is 2. The summed E-state index contributed by atoms with van der Waals surface area (Å²) in [6.07, 6.45) is 0. The Bertz CT molecular complexity index is 707. The molecule has 0 aliphatic carbocycles. The zero-order valence-corrected chi connectivity index (χ0v) is 19.3. The average Bonchev–Trinajstić information content (AvgIpc) is 2.86.